The van der Waals surface area contributed by atoms with Gasteiger partial charge < -0.3 is 19.5 Å². The molecule has 0 unspecified atom stereocenters. The number of carbonyl (C=O) groups excluding carboxylic acids is 1. The topological polar surface area (TPSA) is 102 Å². The van der Waals surface area contributed by atoms with Gasteiger partial charge in [0.1, 0.15) is 18.4 Å². The molecular formula is C24H30ClN3O5S. The Morgan fingerprint density at radius 1 is 1.24 bits per heavy atom. The molecule has 8 nitrogen and oxygen atoms in total. The second-order valence-electron chi connectivity index (χ2n) is 9.10. The molecule has 2 aliphatic rings. The van der Waals surface area contributed by atoms with Crippen LogP contribution in [0.25, 0.3) is 10.6 Å². The fourth-order valence-electron chi connectivity index (χ4n) is 4.73. The highest BCUT2D eigenvalue weighted by atomic mass is 35.5. The zero-order chi connectivity index (χ0) is 24.2. The molecule has 2 fully saturated rings. The molecule has 4 rings (SSSR count). The molecule has 2 aromatic rings. The van der Waals surface area contributed by atoms with Crippen molar-refractivity contribution in [2.24, 2.45) is 5.92 Å². The van der Waals surface area contributed by atoms with E-state index in [2.05, 4.69) is 9.97 Å². The Kier molecular flexibility index (Phi) is 7.93. The Morgan fingerprint density at radius 2 is 2.00 bits per heavy atom. The second-order valence-corrected chi connectivity index (χ2v) is 10.8. The first-order valence-corrected chi connectivity index (χ1v) is 12.9. The lowest BCUT2D eigenvalue weighted by atomic mass is 9.87. The predicted molar refractivity (Wildman–Crippen MR) is 129 cm³/mol. The van der Waals surface area contributed by atoms with E-state index in [9.17, 15) is 14.7 Å². The van der Waals surface area contributed by atoms with Gasteiger partial charge in [-0.15, -0.1) is 11.3 Å². The first-order chi connectivity index (χ1) is 16.3. The van der Waals surface area contributed by atoms with Crippen molar-refractivity contribution < 1.29 is 24.2 Å². The van der Waals surface area contributed by atoms with Gasteiger partial charge in [-0.1, -0.05) is 24.4 Å². The van der Waals surface area contributed by atoms with E-state index in [1.807, 2.05) is 6.92 Å². The summed E-state index contributed by atoms with van der Waals surface area (Å²) >= 11 is 7.64. The summed E-state index contributed by atoms with van der Waals surface area (Å²) in [6.07, 6.45) is 8.20. The standard InChI is InChI=1S/C24H30ClN3O5S/c1-14-22(33-18-9-5-6-15(10-18)23(29)30)26-12-19(27-14)21-16(11-20(25)34-21)13-32-24(31)28(2)17-7-3-4-8-17/h11-12,15,17-18H,3-10,13H2,1-2H3,(H,29,30)/t15-,18-/m0/s1. The van der Waals surface area contributed by atoms with E-state index in [1.165, 1.54) is 11.3 Å². The van der Waals surface area contributed by atoms with Gasteiger partial charge in [-0.3, -0.25) is 4.79 Å². The number of aliphatic carboxylic acids is 1. The molecule has 1 N–H and O–H groups in total. The van der Waals surface area contributed by atoms with Gasteiger partial charge in [0, 0.05) is 18.7 Å². The minimum Gasteiger partial charge on any atom is -0.481 e. The van der Waals surface area contributed by atoms with E-state index in [-0.39, 0.29) is 30.8 Å². The lowest BCUT2D eigenvalue weighted by Gasteiger charge is -2.27. The van der Waals surface area contributed by atoms with E-state index in [1.54, 1.807) is 24.2 Å². The van der Waals surface area contributed by atoms with Crippen molar-refractivity contribution in [1.29, 1.82) is 0 Å². The monoisotopic (exact) mass is 507 g/mol. The van der Waals surface area contributed by atoms with Crippen molar-refractivity contribution in [2.45, 2.75) is 77.0 Å². The molecule has 2 atom stereocenters. The smallest absolute Gasteiger partial charge is 0.410 e. The van der Waals surface area contributed by atoms with E-state index in [0.29, 0.717) is 34.4 Å². The Morgan fingerprint density at radius 3 is 2.71 bits per heavy atom. The van der Waals surface area contributed by atoms with Gasteiger partial charge in [0.15, 0.2) is 0 Å². The third-order valence-electron chi connectivity index (χ3n) is 6.68. The first kappa shape index (κ1) is 24.7. The summed E-state index contributed by atoms with van der Waals surface area (Å²) in [5.41, 5.74) is 2.02. The number of halogens is 1. The number of carboxylic acids is 1. The minimum atomic E-state index is -0.774. The molecule has 2 heterocycles. The molecule has 0 saturated heterocycles. The van der Waals surface area contributed by atoms with Crippen LogP contribution >= 0.6 is 22.9 Å². The van der Waals surface area contributed by atoms with Gasteiger partial charge in [-0.25, -0.2) is 14.8 Å². The van der Waals surface area contributed by atoms with Crippen LogP contribution in [0.15, 0.2) is 12.3 Å². The third-order valence-corrected chi connectivity index (χ3v) is 8.01. The van der Waals surface area contributed by atoms with Crippen LogP contribution in [0, 0.1) is 12.8 Å². The summed E-state index contributed by atoms with van der Waals surface area (Å²) in [5.74, 6) is -0.741. The zero-order valence-electron chi connectivity index (χ0n) is 19.5. The number of hydrogen-bond donors (Lipinski definition) is 1. The summed E-state index contributed by atoms with van der Waals surface area (Å²) in [6, 6.07) is 2.04. The molecule has 2 aromatic heterocycles. The first-order valence-electron chi connectivity index (χ1n) is 11.7. The largest absolute Gasteiger partial charge is 0.481 e. The number of hydrogen-bond acceptors (Lipinski definition) is 7. The molecule has 184 valence electrons. The van der Waals surface area contributed by atoms with Crippen LogP contribution in [0.4, 0.5) is 4.79 Å². The normalized spacial score (nSPS) is 20.8. The van der Waals surface area contributed by atoms with Gasteiger partial charge in [0.2, 0.25) is 5.88 Å². The molecule has 1 amide bonds. The zero-order valence-corrected chi connectivity index (χ0v) is 21.0. The average Bonchev–Trinajstić information content (AvgIpc) is 3.48. The number of carboxylic acid groups (broad SMARTS) is 1. The number of aryl methyl sites for hydroxylation is 1. The van der Waals surface area contributed by atoms with Gasteiger partial charge in [0.05, 0.1) is 27.0 Å². The maximum Gasteiger partial charge on any atom is 0.410 e. The Labute approximate surface area is 208 Å². The fourth-order valence-corrected chi connectivity index (χ4v) is 5.94. The molecule has 0 aromatic carbocycles. The summed E-state index contributed by atoms with van der Waals surface area (Å²) in [5, 5.41) is 9.30. The van der Waals surface area contributed by atoms with E-state index in [4.69, 9.17) is 21.1 Å². The van der Waals surface area contributed by atoms with Crippen molar-refractivity contribution in [3.63, 3.8) is 0 Å². The Balaban J connectivity index is 1.42. The molecular weight excluding hydrogens is 478 g/mol. The van der Waals surface area contributed by atoms with Crippen LogP contribution in [0.3, 0.4) is 0 Å². The minimum absolute atomic E-state index is 0.103. The maximum atomic E-state index is 12.5. The van der Waals surface area contributed by atoms with Gasteiger partial charge >= 0.3 is 12.1 Å². The van der Waals surface area contributed by atoms with Crippen molar-refractivity contribution in [2.75, 3.05) is 7.05 Å². The number of nitrogens with zero attached hydrogens (tertiary/aromatic N) is 3. The predicted octanol–water partition coefficient (Wildman–Crippen LogP) is 5.70. The van der Waals surface area contributed by atoms with Crippen LogP contribution in [-0.4, -0.2) is 51.2 Å². The molecule has 0 spiro atoms. The average molecular weight is 508 g/mol. The van der Waals surface area contributed by atoms with E-state index < -0.39 is 5.97 Å². The van der Waals surface area contributed by atoms with Crippen molar-refractivity contribution >= 4 is 35.0 Å². The molecule has 2 aliphatic carbocycles. The Bertz CT molecular complexity index is 1040. The number of ether oxygens (including phenoxy) is 2. The highest BCUT2D eigenvalue weighted by Crippen LogP contribution is 2.36. The van der Waals surface area contributed by atoms with Gasteiger partial charge in [-0.05, 0) is 51.5 Å². The highest BCUT2D eigenvalue weighted by molar-refractivity contribution is 7.19. The molecule has 0 bridgehead atoms. The SMILES string of the molecule is Cc1nc(-c2sc(Cl)cc2COC(=O)N(C)C2CCCC2)cnc1O[C@H]1CCC[C@H](C(=O)O)C1. The molecule has 34 heavy (non-hydrogen) atoms. The third kappa shape index (κ3) is 5.81. The van der Waals surface area contributed by atoms with Gasteiger partial charge in [0.25, 0.3) is 0 Å². The molecule has 10 heteroatoms. The molecule has 0 aliphatic heterocycles. The number of aromatic nitrogens is 2. The Hall–Kier alpha value is -2.39. The van der Waals surface area contributed by atoms with Crippen LogP contribution in [0.1, 0.15) is 62.6 Å². The second kappa shape index (κ2) is 10.9. The van der Waals surface area contributed by atoms with Crippen LogP contribution in [0.5, 0.6) is 5.88 Å². The van der Waals surface area contributed by atoms with E-state index >= 15 is 0 Å². The van der Waals surface area contributed by atoms with Crippen LogP contribution in [0.2, 0.25) is 4.34 Å². The summed E-state index contributed by atoms with van der Waals surface area (Å²) in [7, 11) is 1.79. The van der Waals surface area contributed by atoms with Crippen LogP contribution in [-0.2, 0) is 16.1 Å². The van der Waals surface area contributed by atoms with Crippen molar-refractivity contribution in [3.8, 4) is 16.5 Å². The van der Waals surface area contributed by atoms with Crippen molar-refractivity contribution in [1.82, 2.24) is 14.9 Å². The highest BCUT2D eigenvalue weighted by Gasteiger charge is 2.29. The summed E-state index contributed by atoms with van der Waals surface area (Å²) in [4.78, 5) is 35.4. The number of rotatable bonds is 7. The number of carbonyl (C=O) groups is 2. The lowest BCUT2D eigenvalue weighted by molar-refractivity contribution is -0.143. The maximum absolute atomic E-state index is 12.5. The van der Waals surface area contributed by atoms with E-state index in [0.717, 1.165) is 49.0 Å². The summed E-state index contributed by atoms with van der Waals surface area (Å²) < 4.78 is 12.2. The number of amides is 1. The molecule has 2 saturated carbocycles. The molecule has 0 radical (unpaired) electrons. The van der Waals surface area contributed by atoms with Crippen molar-refractivity contribution in [3.05, 3.63) is 27.9 Å². The quantitative estimate of drug-likeness (QED) is 0.512. The number of thiophene rings is 1. The summed E-state index contributed by atoms with van der Waals surface area (Å²) in [6.45, 7) is 1.92. The van der Waals surface area contributed by atoms with Crippen LogP contribution < -0.4 is 4.74 Å². The fraction of sp³-hybridized carbons (Fsp3) is 0.583. The van der Waals surface area contributed by atoms with Gasteiger partial charge in [-0.2, -0.15) is 0 Å². The lowest BCUT2D eigenvalue weighted by Crippen LogP contribution is -2.35.